The number of Topliss-reactive ketones (excluding diaryl/α,β-unsaturated/α-hetero) is 1. The minimum absolute atomic E-state index is 0.0352. The molecule has 2 aliphatic rings. The number of piperidine rings is 1. The Balaban J connectivity index is 0.751. The molecule has 2 heterocycles. The number of hydrogen-bond donors (Lipinski definition) is 6. The van der Waals surface area contributed by atoms with E-state index in [-0.39, 0.29) is 71.7 Å². The summed E-state index contributed by atoms with van der Waals surface area (Å²) in [4.78, 5) is 56.7. The van der Waals surface area contributed by atoms with E-state index in [1.165, 1.54) is 17.7 Å². The van der Waals surface area contributed by atoms with Crippen LogP contribution in [-0.2, 0) is 32.9 Å². The van der Waals surface area contributed by atoms with Gasteiger partial charge in [-0.05, 0) is 122 Å². The number of H-pyrrole nitrogens is 1. The summed E-state index contributed by atoms with van der Waals surface area (Å²) < 4.78 is 11.8. The van der Waals surface area contributed by atoms with Gasteiger partial charge in [-0.1, -0.05) is 91.0 Å². The van der Waals surface area contributed by atoms with Crippen LogP contribution < -0.4 is 20.9 Å². The highest BCUT2D eigenvalue weighted by Gasteiger charge is 2.42. The summed E-state index contributed by atoms with van der Waals surface area (Å²) in [5.74, 6) is -0.429. The fourth-order valence-electron chi connectivity index (χ4n) is 9.13. The number of aliphatic hydroxyl groups is 2. The van der Waals surface area contributed by atoms with Crippen LogP contribution in [0.4, 0.5) is 0 Å². The zero-order valence-electron chi connectivity index (χ0n) is 37.4. The highest BCUT2D eigenvalue weighted by atomic mass is 16.5. The number of nitrogens with zero attached hydrogens (tertiary/aromatic N) is 1. The molecule has 0 bridgehead atoms. The van der Waals surface area contributed by atoms with Crippen molar-refractivity contribution in [1.82, 2.24) is 20.5 Å². The third-order valence-corrected chi connectivity index (χ3v) is 13.0. The van der Waals surface area contributed by atoms with E-state index in [0.717, 1.165) is 38.0 Å². The molecule has 1 aliphatic carbocycles. The van der Waals surface area contributed by atoms with Gasteiger partial charge in [0.1, 0.15) is 18.1 Å². The van der Waals surface area contributed by atoms with Gasteiger partial charge in [0.05, 0.1) is 18.2 Å². The zero-order chi connectivity index (χ0) is 46.8. The first-order chi connectivity index (χ1) is 32.5. The van der Waals surface area contributed by atoms with Crippen LogP contribution in [-0.4, -0.2) is 88.3 Å². The molecule has 0 unspecified atom stereocenters. The molecule has 6 aromatic rings. The highest BCUT2D eigenvalue weighted by molar-refractivity contribution is 5.94. The van der Waals surface area contributed by atoms with Gasteiger partial charge in [-0.25, -0.2) is 4.79 Å². The van der Waals surface area contributed by atoms with Crippen LogP contribution in [0.1, 0.15) is 76.4 Å². The Morgan fingerprint density at radius 3 is 2.27 bits per heavy atom. The number of carbonyl (C=O) groups excluding carboxylic acids is 3. The van der Waals surface area contributed by atoms with Crippen LogP contribution in [0.5, 0.6) is 11.5 Å². The van der Waals surface area contributed by atoms with E-state index in [1.807, 2.05) is 36.4 Å². The maximum Gasteiger partial charge on any atom is 0.347 e. The van der Waals surface area contributed by atoms with Crippen molar-refractivity contribution >= 4 is 28.6 Å². The van der Waals surface area contributed by atoms with Crippen molar-refractivity contribution in [2.75, 3.05) is 39.4 Å². The predicted octanol–water partition coefficient (Wildman–Crippen LogP) is 6.34. The fraction of sp³-hybridized carbons (Fsp3) is 0.333. The molecule has 5 aromatic carbocycles. The van der Waals surface area contributed by atoms with E-state index in [0.29, 0.717) is 60.1 Å². The van der Waals surface area contributed by atoms with Crippen LogP contribution in [0.2, 0.25) is 0 Å². The van der Waals surface area contributed by atoms with E-state index in [2.05, 4.69) is 32.7 Å². The number of phenols is 1. The first-order valence-electron chi connectivity index (χ1n) is 23.1. The molecule has 6 N–H and O–H groups in total. The number of aromatic nitrogens is 1. The lowest BCUT2D eigenvalue weighted by Gasteiger charge is -2.35. The number of pyridine rings is 1. The molecule has 67 heavy (non-hydrogen) atoms. The maximum atomic E-state index is 13.9. The summed E-state index contributed by atoms with van der Waals surface area (Å²) in [5, 5.41) is 40.0. The number of benzene rings is 5. The van der Waals surface area contributed by atoms with Crippen LogP contribution in [0.15, 0.2) is 138 Å². The molecule has 8 rings (SSSR count). The van der Waals surface area contributed by atoms with E-state index >= 15 is 0 Å². The highest BCUT2D eigenvalue weighted by Crippen LogP contribution is 2.35. The largest absolute Gasteiger partial charge is 0.506 e. The average Bonchev–Trinajstić information content (AvgIpc) is 3.34. The number of ether oxygens (including phenoxy) is 2. The number of carbonyl (C=O) groups is 3. The molecule has 348 valence electrons. The summed E-state index contributed by atoms with van der Waals surface area (Å²) in [6, 6.07) is 39.1. The van der Waals surface area contributed by atoms with Gasteiger partial charge in [-0.3, -0.25) is 19.3 Å². The van der Waals surface area contributed by atoms with E-state index < -0.39 is 17.7 Å². The van der Waals surface area contributed by atoms with Crippen LogP contribution in [0.3, 0.4) is 0 Å². The first-order valence-corrected chi connectivity index (χ1v) is 23.1. The topological polar surface area (TPSA) is 191 Å². The lowest BCUT2D eigenvalue weighted by atomic mass is 9.77. The van der Waals surface area contributed by atoms with Crippen molar-refractivity contribution in [3.63, 3.8) is 0 Å². The second-order valence-corrected chi connectivity index (χ2v) is 17.9. The van der Waals surface area contributed by atoms with Gasteiger partial charge in [0, 0.05) is 48.1 Å². The molecule has 13 heteroatoms. The molecule has 0 spiro atoms. The molecule has 1 saturated heterocycles. The minimum Gasteiger partial charge on any atom is -0.506 e. The Morgan fingerprint density at radius 1 is 0.806 bits per heavy atom. The number of ketones is 1. The summed E-state index contributed by atoms with van der Waals surface area (Å²) >= 11 is 0. The molecular formula is C54H58N4O9. The van der Waals surface area contributed by atoms with E-state index in [1.54, 1.807) is 72.8 Å². The maximum absolute atomic E-state index is 13.9. The first kappa shape index (κ1) is 46.9. The number of phenolic OH excluding ortho intramolecular Hbond substituents is 1. The van der Waals surface area contributed by atoms with Gasteiger partial charge in [0.25, 0.3) is 5.91 Å². The molecule has 2 atom stereocenters. The second kappa shape index (κ2) is 21.8. The van der Waals surface area contributed by atoms with Crippen molar-refractivity contribution in [1.29, 1.82) is 0 Å². The number of amides is 1. The smallest absolute Gasteiger partial charge is 0.347 e. The second-order valence-electron chi connectivity index (χ2n) is 17.9. The minimum atomic E-state index is -2.09. The number of nitrogens with one attached hydrogen (secondary N) is 3. The Hall–Kier alpha value is -6.64. The number of aromatic hydroxyl groups is 1. The van der Waals surface area contributed by atoms with Gasteiger partial charge >= 0.3 is 5.97 Å². The van der Waals surface area contributed by atoms with Crippen LogP contribution >= 0.6 is 0 Å². The summed E-state index contributed by atoms with van der Waals surface area (Å²) in [7, 11) is 0. The van der Waals surface area contributed by atoms with Gasteiger partial charge in [-0.2, -0.15) is 0 Å². The zero-order valence-corrected chi connectivity index (χ0v) is 37.4. The fourth-order valence-corrected chi connectivity index (χ4v) is 9.13. The summed E-state index contributed by atoms with van der Waals surface area (Å²) in [6.07, 6.45) is 3.26. The lowest BCUT2D eigenvalue weighted by molar-refractivity contribution is -0.164. The van der Waals surface area contributed by atoms with Gasteiger partial charge in [0.2, 0.25) is 11.2 Å². The Bertz CT molecular complexity index is 2680. The van der Waals surface area contributed by atoms with Crippen LogP contribution in [0, 0.1) is 11.8 Å². The van der Waals surface area contributed by atoms with Crippen molar-refractivity contribution in [2.24, 2.45) is 11.8 Å². The van der Waals surface area contributed by atoms with Crippen molar-refractivity contribution < 1.29 is 39.2 Å². The molecule has 1 saturated carbocycles. The number of rotatable bonds is 20. The number of likely N-dealkylation sites (tertiary alicyclic amines) is 1. The molecule has 1 amide bonds. The van der Waals surface area contributed by atoms with E-state index in [9.17, 15) is 34.5 Å². The normalized spacial score (nSPS) is 17.8. The molecule has 2 fully saturated rings. The summed E-state index contributed by atoms with van der Waals surface area (Å²) in [5.41, 5.74) is 1.95. The lowest BCUT2D eigenvalue weighted by Crippen LogP contribution is -2.45. The third kappa shape index (κ3) is 11.9. The van der Waals surface area contributed by atoms with Crippen molar-refractivity contribution in [3.05, 3.63) is 177 Å². The van der Waals surface area contributed by atoms with Crippen LogP contribution in [0.25, 0.3) is 10.9 Å². The predicted molar refractivity (Wildman–Crippen MR) is 255 cm³/mol. The number of hydrogen-bond acceptors (Lipinski definition) is 11. The molecule has 1 aromatic heterocycles. The summed E-state index contributed by atoms with van der Waals surface area (Å²) in [6.45, 7) is 3.58. The van der Waals surface area contributed by atoms with Gasteiger partial charge in [0.15, 0.2) is 5.78 Å². The SMILES string of the molecule is O=C(COc1cccc([C@](O)(C(=O)OCC2CCN(Cc3ccccc3)CC2)c2ccccc2)c1)CC1CC(NC(=O)c2ccc(CCNC[C@H](O)c3ccc(O)c4[nH]c(=O)ccc34)cc2)C1. The number of fused-ring (bicyclic) bond motifs is 1. The van der Waals surface area contributed by atoms with Crippen molar-refractivity contribution in [3.8, 4) is 11.5 Å². The van der Waals surface area contributed by atoms with Gasteiger partial charge in [-0.15, -0.1) is 0 Å². The van der Waals surface area contributed by atoms with Crippen molar-refractivity contribution in [2.45, 2.75) is 62.8 Å². The molecule has 13 nitrogen and oxygen atoms in total. The molecular weight excluding hydrogens is 849 g/mol. The van der Waals surface area contributed by atoms with Gasteiger partial charge < -0.3 is 40.4 Å². The Kier molecular flexibility index (Phi) is 15.2. The number of esters is 1. The average molecular weight is 907 g/mol. The number of aliphatic hydroxyl groups excluding tert-OH is 1. The standard InChI is InChI=1S/C54H58N4O9/c59-44(30-39-28-43(29-39)56-52(63)40-16-14-36(15-17-40)22-25-55-32-49(61)46-18-20-48(60)51-47(46)19-21-50(62)57-51)35-66-45-13-7-12-42(31-45)54(65,41-10-5-2-6-11-41)53(64)67-34-38-23-26-58(27-24-38)33-37-8-3-1-4-9-37/h1-21,31,38-39,43,49,55,60-61,65H,22-30,32-35H2,(H,56,63)(H,57,62)/t39?,43?,49-,54-/m0/s1. The Morgan fingerprint density at radius 2 is 1.52 bits per heavy atom. The quantitative estimate of drug-likeness (QED) is 0.0371. The molecule has 0 radical (unpaired) electrons. The van der Waals surface area contributed by atoms with E-state index in [4.69, 9.17) is 9.47 Å². The number of aromatic amines is 1. The third-order valence-electron chi connectivity index (χ3n) is 13.0. The molecule has 1 aliphatic heterocycles. The Labute approximate surface area is 389 Å². The monoisotopic (exact) mass is 906 g/mol.